The molecule has 0 aromatic heterocycles. The number of fused-ring (bicyclic) bond motifs is 1. The summed E-state index contributed by atoms with van der Waals surface area (Å²) in [6.45, 7) is 1.21. The monoisotopic (exact) mass is 395 g/mol. The SMILES string of the molecule is NC(CNC(=O)c1ccccc1SCC(=O)N1CCc2ccccc21)C1CC1. The molecule has 1 heterocycles. The number of rotatable bonds is 7. The lowest BCUT2D eigenvalue weighted by atomic mass is 10.2. The Morgan fingerprint density at radius 3 is 2.71 bits per heavy atom. The maximum atomic E-state index is 12.7. The first-order valence-electron chi connectivity index (χ1n) is 9.77. The molecule has 0 bridgehead atoms. The van der Waals surface area contributed by atoms with Crippen molar-refractivity contribution in [1.82, 2.24) is 5.32 Å². The molecule has 1 aliphatic carbocycles. The summed E-state index contributed by atoms with van der Waals surface area (Å²) in [7, 11) is 0. The van der Waals surface area contributed by atoms with Gasteiger partial charge in [0, 0.05) is 29.7 Å². The van der Waals surface area contributed by atoms with Crippen LogP contribution in [0.4, 0.5) is 5.69 Å². The molecule has 3 N–H and O–H groups in total. The van der Waals surface area contributed by atoms with Crippen LogP contribution in [0.2, 0.25) is 0 Å². The molecule has 28 heavy (non-hydrogen) atoms. The Balaban J connectivity index is 1.37. The van der Waals surface area contributed by atoms with Crippen LogP contribution in [0, 0.1) is 5.92 Å². The molecule has 5 nitrogen and oxygen atoms in total. The van der Waals surface area contributed by atoms with E-state index in [9.17, 15) is 9.59 Å². The van der Waals surface area contributed by atoms with E-state index < -0.39 is 0 Å². The van der Waals surface area contributed by atoms with Gasteiger partial charge < -0.3 is 16.0 Å². The van der Waals surface area contributed by atoms with Crippen LogP contribution in [0.1, 0.15) is 28.8 Å². The summed E-state index contributed by atoms with van der Waals surface area (Å²) in [5.41, 5.74) is 8.91. The highest BCUT2D eigenvalue weighted by Gasteiger charge is 2.29. The Morgan fingerprint density at radius 1 is 1.14 bits per heavy atom. The van der Waals surface area contributed by atoms with Crippen molar-refractivity contribution in [2.24, 2.45) is 11.7 Å². The number of amides is 2. The number of nitrogens with zero attached hydrogens (tertiary/aromatic N) is 1. The number of hydrogen-bond donors (Lipinski definition) is 2. The molecular weight excluding hydrogens is 370 g/mol. The fourth-order valence-electron chi connectivity index (χ4n) is 3.59. The number of hydrogen-bond acceptors (Lipinski definition) is 4. The van der Waals surface area contributed by atoms with Crippen LogP contribution in [0.25, 0.3) is 0 Å². The van der Waals surface area contributed by atoms with Crippen molar-refractivity contribution in [2.45, 2.75) is 30.2 Å². The maximum Gasteiger partial charge on any atom is 0.252 e. The molecular formula is C22H25N3O2S. The molecule has 0 radical (unpaired) electrons. The largest absolute Gasteiger partial charge is 0.350 e. The molecule has 1 fully saturated rings. The number of thioether (sulfide) groups is 1. The van der Waals surface area contributed by atoms with Crippen LogP contribution in [-0.2, 0) is 11.2 Å². The smallest absolute Gasteiger partial charge is 0.252 e. The van der Waals surface area contributed by atoms with Gasteiger partial charge >= 0.3 is 0 Å². The second-order valence-corrected chi connectivity index (χ2v) is 8.44. The molecule has 2 aromatic rings. The molecule has 1 aliphatic heterocycles. The van der Waals surface area contributed by atoms with Crippen LogP contribution in [0.3, 0.4) is 0 Å². The maximum absolute atomic E-state index is 12.7. The Kier molecular flexibility index (Phi) is 5.69. The third kappa shape index (κ3) is 4.23. The van der Waals surface area contributed by atoms with Crippen molar-refractivity contribution in [3.05, 3.63) is 59.7 Å². The number of carbonyl (C=O) groups excluding carboxylic acids is 2. The van der Waals surface area contributed by atoms with Gasteiger partial charge in [-0.05, 0) is 48.9 Å². The van der Waals surface area contributed by atoms with Crippen molar-refractivity contribution in [3.8, 4) is 0 Å². The van der Waals surface area contributed by atoms with Gasteiger partial charge in [0.2, 0.25) is 5.91 Å². The van der Waals surface area contributed by atoms with Crippen LogP contribution >= 0.6 is 11.8 Å². The number of carbonyl (C=O) groups is 2. The fraction of sp³-hybridized carbons (Fsp3) is 0.364. The second-order valence-electron chi connectivity index (χ2n) is 7.42. The van der Waals surface area contributed by atoms with E-state index in [1.807, 2.05) is 41.3 Å². The molecule has 0 spiro atoms. The Labute approximate surface area is 169 Å². The summed E-state index contributed by atoms with van der Waals surface area (Å²) in [4.78, 5) is 28.0. The van der Waals surface area contributed by atoms with E-state index in [1.165, 1.54) is 17.3 Å². The first-order chi connectivity index (χ1) is 13.6. The van der Waals surface area contributed by atoms with E-state index in [4.69, 9.17) is 5.73 Å². The summed E-state index contributed by atoms with van der Waals surface area (Å²) in [5.74, 6) is 0.796. The van der Waals surface area contributed by atoms with E-state index >= 15 is 0 Å². The summed E-state index contributed by atoms with van der Waals surface area (Å²) in [5, 5.41) is 2.94. The average Bonchev–Trinajstić information content (AvgIpc) is 3.49. The number of para-hydroxylation sites is 1. The van der Waals surface area contributed by atoms with Gasteiger partial charge in [0.05, 0.1) is 11.3 Å². The van der Waals surface area contributed by atoms with Gasteiger partial charge in [0.15, 0.2) is 0 Å². The lowest BCUT2D eigenvalue weighted by molar-refractivity contribution is -0.116. The Hall–Kier alpha value is -2.31. The van der Waals surface area contributed by atoms with Gasteiger partial charge in [0.25, 0.3) is 5.91 Å². The normalized spacial score (nSPS) is 16.5. The van der Waals surface area contributed by atoms with Crippen LogP contribution in [0.5, 0.6) is 0 Å². The van der Waals surface area contributed by atoms with Crippen molar-refractivity contribution in [3.63, 3.8) is 0 Å². The first kappa shape index (κ1) is 19.0. The van der Waals surface area contributed by atoms with Crippen LogP contribution < -0.4 is 16.0 Å². The number of nitrogens with two attached hydrogens (primary N) is 1. The zero-order chi connectivity index (χ0) is 19.5. The highest BCUT2D eigenvalue weighted by Crippen LogP contribution is 2.31. The summed E-state index contributed by atoms with van der Waals surface area (Å²) in [6.07, 6.45) is 3.21. The quantitative estimate of drug-likeness (QED) is 0.707. The molecule has 4 rings (SSSR count). The van der Waals surface area contributed by atoms with Crippen molar-refractivity contribution < 1.29 is 9.59 Å². The molecule has 1 saturated carbocycles. The van der Waals surface area contributed by atoms with E-state index in [1.54, 1.807) is 6.07 Å². The molecule has 1 unspecified atom stereocenters. The minimum Gasteiger partial charge on any atom is -0.350 e. The van der Waals surface area contributed by atoms with E-state index in [-0.39, 0.29) is 17.9 Å². The number of nitrogens with one attached hydrogen (secondary N) is 1. The first-order valence-corrected chi connectivity index (χ1v) is 10.8. The topological polar surface area (TPSA) is 75.4 Å². The molecule has 2 aromatic carbocycles. The molecule has 2 amide bonds. The van der Waals surface area contributed by atoms with Gasteiger partial charge in [-0.1, -0.05) is 30.3 Å². The lowest BCUT2D eigenvalue weighted by Gasteiger charge is -2.18. The van der Waals surface area contributed by atoms with Crippen LogP contribution in [-0.4, -0.2) is 36.7 Å². The van der Waals surface area contributed by atoms with Gasteiger partial charge in [-0.15, -0.1) is 11.8 Å². The fourth-order valence-corrected chi connectivity index (χ4v) is 4.52. The average molecular weight is 396 g/mol. The minimum absolute atomic E-state index is 0.0283. The highest BCUT2D eigenvalue weighted by molar-refractivity contribution is 8.00. The van der Waals surface area contributed by atoms with Crippen molar-refractivity contribution >= 4 is 29.3 Å². The summed E-state index contributed by atoms with van der Waals surface area (Å²) >= 11 is 1.41. The third-order valence-corrected chi connectivity index (χ3v) is 6.46. The predicted molar refractivity (Wildman–Crippen MR) is 113 cm³/mol. The van der Waals surface area contributed by atoms with Gasteiger partial charge in [-0.3, -0.25) is 9.59 Å². The highest BCUT2D eigenvalue weighted by atomic mass is 32.2. The van der Waals surface area contributed by atoms with E-state index in [0.29, 0.717) is 23.8 Å². The Bertz CT molecular complexity index is 882. The van der Waals surface area contributed by atoms with Gasteiger partial charge in [0.1, 0.15) is 0 Å². The molecule has 0 saturated heterocycles. The zero-order valence-corrected chi connectivity index (χ0v) is 16.6. The number of anilines is 1. The van der Waals surface area contributed by atoms with E-state index in [0.717, 1.165) is 36.4 Å². The summed E-state index contributed by atoms with van der Waals surface area (Å²) < 4.78 is 0. The predicted octanol–water partition coefficient (Wildman–Crippen LogP) is 2.84. The van der Waals surface area contributed by atoms with Gasteiger partial charge in [-0.2, -0.15) is 0 Å². The Morgan fingerprint density at radius 2 is 1.89 bits per heavy atom. The van der Waals surface area contributed by atoms with Crippen molar-refractivity contribution in [2.75, 3.05) is 23.7 Å². The molecule has 146 valence electrons. The lowest BCUT2D eigenvalue weighted by Crippen LogP contribution is -2.38. The molecule has 6 heteroatoms. The second kappa shape index (κ2) is 8.37. The van der Waals surface area contributed by atoms with E-state index in [2.05, 4.69) is 11.4 Å². The summed E-state index contributed by atoms with van der Waals surface area (Å²) in [6, 6.07) is 15.5. The van der Waals surface area contributed by atoms with Gasteiger partial charge in [-0.25, -0.2) is 0 Å². The zero-order valence-electron chi connectivity index (χ0n) is 15.8. The molecule has 1 atom stereocenters. The third-order valence-electron chi connectivity index (χ3n) is 5.40. The minimum atomic E-state index is -0.127. The number of benzene rings is 2. The standard InChI is InChI=1S/C22H25N3O2S/c23-18(15-9-10-15)13-24-22(27)17-6-2-4-8-20(17)28-14-21(26)25-12-11-16-5-1-3-7-19(16)25/h1-8,15,18H,9-14,23H2,(H,24,27). The van der Waals surface area contributed by atoms with Crippen LogP contribution in [0.15, 0.2) is 53.4 Å². The molecule has 2 aliphatic rings. The van der Waals surface area contributed by atoms with Crippen molar-refractivity contribution in [1.29, 1.82) is 0 Å².